The summed E-state index contributed by atoms with van der Waals surface area (Å²) in [5.74, 6) is 0.132. The quantitative estimate of drug-likeness (QED) is 0.746. The van der Waals surface area contributed by atoms with Gasteiger partial charge in [-0.2, -0.15) is 13.2 Å². The maximum Gasteiger partial charge on any atom is 0.422 e. The Balaban J connectivity index is 2.68. The Labute approximate surface area is 84.4 Å². The summed E-state index contributed by atoms with van der Waals surface area (Å²) in [5, 5.41) is 0.363. The average molecular weight is 225 g/mol. The van der Waals surface area contributed by atoms with Gasteiger partial charge >= 0.3 is 6.18 Å². The van der Waals surface area contributed by atoms with Gasteiger partial charge in [-0.15, -0.1) is 0 Å². The van der Waals surface area contributed by atoms with Crippen LogP contribution in [-0.2, 0) is 0 Å². The highest BCUT2D eigenvalue weighted by Crippen LogP contribution is 2.23. The van der Waals surface area contributed by atoms with Crippen molar-refractivity contribution in [3.05, 3.63) is 28.8 Å². The predicted molar refractivity (Wildman–Crippen MR) is 47.7 cm³/mol. The Morgan fingerprint density at radius 3 is 2.43 bits per heavy atom. The van der Waals surface area contributed by atoms with Gasteiger partial charge in [0.2, 0.25) is 0 Å². The van der Waals surface area contributed by atoms with Crippen molar-refractivity contribution in [1.82, 2.24) is 0 Å². The number of alkyl halides is 3. The van der Waals surface area contributed by atoms with Crippen LogP contribution in [0.3, 0.4) is 0 Å². The number of benzene rings is 1. The van der Waals surface area contributed by atoms with Crippen molar-refractivity contribution in [2.24, 2.45) is 0 Å². The van der Waals surface area contributed by atoms with Crippen LogP contribution in [-0.4, -0.2) is 12.8 Å². The van der Waals surface area contributed by atoms with Gasteiger partial charge < -0.3 is 4.74 Å². The molecule has 5 heteroatoms. The Morgan fingerprint density at radius 2 is 1.93 bits per heavy atom. The van der Waals surface area contributed by atoms with E-state index in [1.807, 2.05) is 0 Å². The number of hydrogen-bond donors (Lipinski definition) is 0. The summed E-state index contributed by atoms with van der Waals surface area (Å²) in [6, 6.07) is 4.49. The molecule has 0 aromatic heterocycles. The first-order chi connectivity index (χ1) is 6.37. The zero-order valence-electron chi connectivity index (χ0n) is 7.36. The molecule has 0 atom stereocenters. The number of halogens is 4. The first-order valence-corrected chi connectivity index (χ1v) is 4.21. The maximum absolute atomic E-state index is 11.8. The Hall–Kier alpha value is -0.900. The van der Waals surface area contributed by atoms with Crippen LogP contribution >= 0.6 is 11.6 Å². The highest BCUT2D eigenvalue weighted by atomic mass is 35.5. The van der Waals surface area contributed by atoms with E-state index in [9.17, 15) is 13.2 Å². The molecule has 1 aromatic carbocycles. The number of ether oxygens (including phenoxy) is 1. The molecule has 0 unspecified atom stereocenters. The molecule has 0 saturated carbocycles. The van der Waals surface area contributed by atoms with Gasteiger partial charge in [-0.05, 0) is 30.7 Å². The van der Waals surface area contributed by atoms with Crippen molar-refractivity contribution in [1.29, 1.82) is 0 Å². The third-order valence-electron chi connectivity index (χ3n) is 1.42. The van der Waals surface area contributed by atoms with Crippen molar-refractivity contribution in [3.8, 4) is 5.75 Å². The molecule has 0 aliphatic rings. The van der Waals surface area contributed by atoms with Gasteiger partial charge in [0.05, 0.1) is 0 Å². The fourth-order valence-electron chi connectivity index (χ4n) is 0.951. The van der Waals surface area contributed by atoms with Crippen LogP contribution in [0.4, 0.5) is 13.2 Å². The minimum Gasteiger partial charge on any atom is -0.484 e. The summed E-state index contributed by atoms with van der Waals surface area (Å²) in [4.78, 5) is 0. The summed E-state index contributed by atoms with van der Waals surface area (Å²) in [6.45, 7) is 0.430. The molecule has 0 radical (unpaired) electrons. The van der Waals surface area contributed by atoms with Gasteiger partial charge in [0.15, 0.2) is 6.61 Å². The van der Waals surface area contributed by atoms with E-state index in [-0.39, 0.29) is 5.75 Å². The zero-order chi connectivity index (χ0) is 10.8. The molecular formula is C9H8ClF3O. The van der Waals surface area contributed by atoms with E-state index in [2.05, 4.69) is 4.74 Å². The van der Waals surface area contributed by atoms with Crippen molar-refractivity contribution in [2.45, 2.75) is 13.1 Å². The van der Waals surface area contributed by atoms with Crippen molar-refractivity contribution >= 4 is 11.6 Å². The molecular weight excluding hydrogens is 217 g/mol. The van der Waals surface area contributed by atoms with Crippen molar-refractivity contribution in [2.75, 3.05) is 6.61 Å². The lowest BCUT2D eigenvalue weighted by atomic mass is 10.2. The Bertz CT molecular complexity index is 302. The molecule has 0 aliphatic heterocycles. The second-order valence-corrected chi connectivity index (χ2v) is 3.30. The van der Waals surface area contributed by atoms with E-state index in [4.69, 9.17) is 11.6 Å². The summed E-state index contributed by atoms with van der Waals surface area (Å²) in [5.41, 5.74) is 0.759. The molecule has 1 rings (SSSR count). The van der Waals surface area contributed by atoms with E-state index < -0.39 is 12.8 Å². The first-order valence-electron chi connectivity index (χ1n) is 3.83. The number of aryl methyl sites for hydroxylation is 1. The fourth-order valence-corrected chi connectivity index (χ4v) is 1.23. The molecule has 0 bridgehead atoms. The molecule has 0 fully saturated rings. The fraction of sp³-hybridized carbons (Fsp3) is 0.333. The summed E-state index contributed by atoms with van der Waals surface area (Å²) >= 11 is 5.64. The lowest BCUT2D eigenvalue weighted by Crippen LogP contribution is -2.19. The highest BCUT2D eigenvalue weighted by Gasteiger charge is 2.28. The monoisotopic (exact) mass is 224 g/mol. The minimum absolute atomic E-state index is 0.132. The molecule has 14 heavy (non-hydrogen) atoms. The van der Waals surface area contributed by atoms with E-state index in [0.717, 1.165) is 5.56 Å². The van der Waals surface area contributed by atoms with Crippen LogP contribution in [0.5, 0.6) is 5.75 Å². The molecule has 1 nitrogen and oxygen atoms in total. The van der Waals surface area contributed by atoms with E-state index in [1.54, 1.807) is 13.0 Å². The number of rotatable bonds is 2. The van der Waals surface area contributed by atoms with Crippen molar-refractivity contribution < 1.29 is 17.9 Å². The topological polar surface area (TPSA) is 9.23 Å². The van der Waals surface area contributed by atoms with Crippen LogP contribution < -0.4 is 4.74 Å². The molecule has 0 saturated heterocycles. The van der Waals surface area contributed by atoms with Crippen LogP contribution in [0.15, 0.2) is 18.2 Å². The van der Waals surface area contributed by atoms with E-state index in [0.29, 0.717) is 5.02 Å². The molecule has 0 N–H and O–H groups in total. The normalized spacial score (nSPS) is 11.5. The van der Waals surface area contributed by atoms with Crippen molar-refractivity contribution in [3.63, 3.8) is 0 Å². The average Bonchev–Trinajstić information content (AvgIpc) is 1.97. The van der Waals surface area contributed by atoms with Gasteiger partial charge in [-0.3, -0.25) is 0 Å². The summed E-state index contributed by atoms with van der Waals surface area (Å²) in [6.07, 6.45) is -4.32. The molecule has 0 aliphatic carbocycles. The van der Waals surface area contributed by atoms with E-state index in [1.165, 1.54) is 12.1 Å². The third-order valence-corrected chi connectivity index (χ3v) is 1.64. The molecule has 0 spiro atoms. The number of hydrogen-bond acceptors (Lipinski definition) is 1. The lowest BCUT2D eigenvalue weighted by Gasteiger charge is -2.09. The van der Waals surface area contributed by atoms with Crippen LogP contribution in [0.25, 0.3) is 0 Å². The van der Waals surface area contributed by atoms with Gasteiger partial charge in [-0.1, -0.05) is 11.6 Å². The largest absolute Gasteiger partial charge is 0.484 e. The second kappa shape index (κ2) is 4.09. The summed E-state index contributed by atoms with van der Waals surface area (Å²) < 4.78 is 39.9. The Kier molecular flexibility index (Phi) is 3.26. The highest BCUT2D eigenvalue weighted by molar-refractivity contribution is 6.30. The summed E-state index contributed by atoms with van der Waals surface area (Å²) in [7, 11) is 0. The third kappa shape index (κ3) is 3.87. The van der Waals surface area contributed by atoms with E-state index >= 15 is 0 Å². The van der Waals surface area contributed by atoms with Gasteiger partial charge in [0.25, 0.3) is 0 Å². The molecule has 78 valence electrons. The van der Waals surface area contributed by atoms with Crippen LogP contribution in [0.2, 0.25) is 5.02 Å². The van der Waals surface area contributed by atoms with Crippen LogP contribution in [0.1, 0.15) is 5.56 Å². The van der Waals surface area contributed by atoms with Gasteiger partial charge in [0, 0.05) is 5.02 Å². The molecule has 0 heterocycles. The second-order valence-electron chi connectivity index (χ2n) is 2.87. The minimum atomic E-state index is -4.32. The van der Waals surface area contributed by atoms with Gasteiger partial charge in [0.1, 0.15) is 5.75 Å². The maximum atomic E-state index is 11.8. The Morgan fingerprint density at radius 1 is 1.29 bits per heavy atom. The standard InChI is InChI=1S/C9H8ClF3O/c1-6-2-7(10)4-8(3-6)14-5-9(11,12)13/h2-4H,5H2,1H3. The van der Waals surface area contributed by atoms with Crippen LogP contribution in [0, 0.1) is 6.92 Å². The van der Waals surface area contributed by atoms with Gasteiger partial charge in [-0.25, -0.2) is 0 Å². The molecule has 1 aromatic rings. The predicted octanol–water partition coefficient (Wildman–Crippen LogP) is 3.59. The first kappa shape index (κ1) is 11.2. The smallest absolute Gasteiger partial charge is 0.422 e. The lowest BCUT2D eigenvalue weighted by molar-refractivity contribution is -0.153. The molecule has 0 amide bonds. The SMILES string of the molecule is Cc1cc(Cl)cc(OCC(F)(F)F)c1. The zero-order valence-corrected chi connectivity index (χ0v) is 8.12.